The maximum Gasteiger partial charge on any atom is 0.261 e. The van der Waals surface area contributed by atoms with Crippen molar-refractivity contribution in [3.8, 4) is 22.8 Å². The number of pyridine rings is 1. The maximum atomic E-state index is 6.01. The zero-order valence-corrected chi connectivity index (χ0v) is 13.5. The summed E-state index contributed by atoms with van der Waals surface area (Å²) in [7, 11) is 0. The first-order valence-corrected chi connectivity index (χ1v) is 7.94. The lowest BCUT2D eigenvalue weighted by Gasteiger charge is -2.07. The molecule has 0 bridgehead atoms. The molecular weight excluding hydrogens is 312 g/mol. The predicted molar refractivity (Wildman–Crippen MR) is 91.4 cm³/mol. The third-order valence-electron chi connectivity index (χ3n) is 3.37. The summed E-state index contributed by atoms with van der Waals surface area (Å²) < 4.78 is 5.41. The molecule has 0 spiro atoms. The van der Waals surface area contributed by atoms with Crippen molar-refractivity contribution in [2.75, 3.05) is 11.9 Å². The third-order valence-corrected chi connectivity index (χ3v) is 3.60. The highest BCUT2D eigenvalue weighted by molar-refractivity contribution is 6.30. The fourth-order valence-corrected chi connectivity index (χ4v) is 2.37. The van der Waals surface area contributed by atoms with Crippen LogP contribution in [0, 0.1) is 0 Å². The normalized spacial score (nSPS) is 10.7. The third kappa shape index (κ3) is 3.68. The van der Waals surface area contributed by atoms with Gasteiger partial charge in [0.05, 0.1) is 5.56 Å². The average molecular weight is 329 g/mol. The van der Waals surface area contributed by atoms with Gasteiger partial charge < -0.3 is 9.84 Å². The summed E-state index contributed by atoms with van der Waals surface area (Å²) in [5, 5.41) is 7.99. The van der Waals surface area contributed by atoms with Crippen LogP contribution in [0.1, 0.15) is 19.8 Å². The number of anilines is 1. The second kappa shape index (κ2) is 7.24. The number of nitrogens with one attached hydrogen (secondary N) is 1. The minimum Gasteiger partial charge on any atom is -0.369 e. The Morgan fingerprint density at radius 2 is 2.13 bits per heavy atom. The van der Waals surface area contributed by atoms with Gasteiger partial charge in [0, 0.05) is 23.3 Å². The molecule has 0 unspecified atom stereocenters. The molecule has 0 aliphatic heterocycles. The summed E-state index contributed by atoms with van der Waals surface area (Å²) in [4.78, 5) is 8.83. The fourth-order valence-electron chi connectivity index (χ4n) is 2.18. The molecule has 3 aromatic rings. The Bertz CT molecular complexity index is 788. The molecule has 2 aromatic heterocycles. The summed E-state index contributed by atoms with van der Waals surface area (Å²) in [6, 6.07) is 11.1. The molecule has 6 heteroatoms. The molecule has 23 heavy (non-hydrogen) atoms. The number of nitrogens with zero attached hydrogens (tertiary/aromatic N) is 3. The highest BCUT2D eigenvalue weighted by atomic mass is 35.5. The Kier molecular flexibility index (Phi) is 4.88. The highest BCUT2D eigenvalue weighted by Gasteiger charge is 2.14. The number of hydrogen-bond donors (Lipinski definition) is 1. The van der Waals surface area contributed by atoms with Crippen LogP contribution < -0.4 is 5.32 Å². The van der Waals surface area contributed by atoms with Crippen molar-refractivity contribution in [2.45, 2.75) is 19.8 Å². The number of unbranched alkanes of at least 4 members (excludes halogenated alkanes) is 1. The molecule has 3 rings (SSSR count). The second-order valence-corrected chi connectivity index (χ2v) is 5.55. The summed E-state index contributed by atoms with van der Waals surface area (Å²) in [6.07, 6.45) is 3.94. The van der Waals surface area contributed by atoms with Crippen LogP contribution in [-0.4, -0.2) is 21.7 Å². The molecule has 0 aliphatic rings. The zero-order valence-electron chi connectivity index (χ0n) is 12.8. The van der Waals surface area contributed by atoms with Gasteiger partial charge in [0.2, 0.25) is 5.82 Å². The molecular formula is C17H17ClN4O. The zero-order chi connectivity index (χ0) is 16.1. The van der Waals surface area contributed by atoms with E-state index in [0.29, 0.717) is 16.7 Å². The van der Waals surface area contributed by atoms with Crippen molar-refractivity contribution in [1.82, 2.24) is 15.1 Å². The fraction of sp³-hybridized carbons (Fsp3) is 0.235. The second-order valence-electron chi connectivity index (χ2n) is 5.11. The Morgan fingerprint density at radius 1 is 1.22 bits per heavy atom. The molecule has 0 saturated carbocycles. The number of halogens is 1. The first-order valence-electron chi connectivity index (χ1n) is 7.57. The van der Waals surface area contributed by atoms with E-state index in [1.807, 2.05) is 30.3 Å². The molecule has 118 valence electrons. The Hall–Kier alpha value is -2.40. The van der Waals surface area contributed by atoms with E-state index in [1.54, 1.807) is 12.3 Å². The van der Waals surface area contributed by atoms with Gasteiger partial charge >= 0.3 is 0 Å². The van der Waals surface area contributed by atoms with Crippen LogP contribution >= 0.6 is 11.6 Å². The van der Waals surface area contributed by atoms with Gasteiger partial charge in [-0.3, -0.25) is 0 Å². The van der Waals surface area contributed by atoms with Gasteiger partial charge in [-0.15, -0.1) is 0 Å². The van der Waals surface area contributed by atoms with Crippen LogP contribution in [0.25, 0.3) is 22.8 Å². The Labute approximate surface area is 139 Å². The van der Waals surface area contributed by atoms with E-state index in [4.69, 9.17) is 16.1 Å². The molecule has 0 amide bonds. The van der Waals surface area contributed by atoms with E-state index in [1.165, 1.54) is 0 Å². The maximum absolute atomic E-state index is 6.01. The van der Waals surface area contributed by atoms with E-state index in [-0.39, 0.29) is 0 Å². The molecule has 1 N–H and O–H groups in total. The monoisotopic (exact) mass is 328 g/mol. The van der Waals surface area contributed by atoms with E-state index < -0.39 is 0 Å². The van der Waals surface area contributed by atoms with Crippen LogP contribution in [0.2, 0.25) is 5.02 Å². The number of rotatable bonds is 6. The van der Waals surface area contributed by atoms with Crippen LogP contribution in [0.3, 0.4) is 0 Å². The Morgan fingerprint density at radius 3 is 2.96 bits per heavy atom. The minimum atomic E-state index is 0.437. The first-order chi connectivity index (χ1) is 11.3. The molecule has 5 nitrogen and oxygen atoms in total. The van der Waals surface area contributed by atoms with Gasteiger partial charge in [-0.05, 0) is 30.7 Å². The van der Waals surface area contributed by atoms with Crippen LogP contribution in [0.4, 0.5) is 5.82 Å². The van der Waals surface area contributed by atoms with Crippen molar-refractivity contribution < 1.29 is 4.52 Å². The molecule has 0 atom stereocenters. The molecule has 0 aliphatic carbocycles. The number of aromatic nitrogens is 3. The van der Waals surface area contributed by atoms with Crippen LogP contribution in [-0.2, 0) is 0 Å². The van der Waals surface area contributed by atoms with E-state index in [2.05, 4.69) is 27.4 Å². The molecule has 2 heterocycles. The van der Waals surface area contributed by atoms with Crippen molar-refractivity contribution in [3.63, 3.8) is 0 Å². The molecule has 0 fully saturated rings. The van der Waals surface area contributed by atoms with Crippen LogP contribution in [0.15, 0.2) is 47.1 Å². The first kappa shape index (κ1) is 15.5. The summed E-state index contributed by atoms with van der Waals surface area (Å²) in [5.74, 6) is 1.69. The average Bonchev–Trinajstić information content (AvgIpc) is 3.05. The topological polar surface area (TPSA) is 63.8 Å². The predicted octanol–water partition coefficient (Wildman–Crippen LogP) is 4.66. The van der Waals surface area contributed by atoms with Crippen molar-refractivity contribution in [2.24, 2.45) is 0 Å². The lowest BCUT2D eigenvalue weighted by molar-refractivity contribution is 0.432. The minimum absolute atomic E-state index is 0.437. The van der Waals surface area contributed by atoms with Crippen LogP contribution in [0.5, 0.6) is 0 Å². The van der Waals surface area contributed by atoms with Crippen molar-refractivity contribution in [1.29, 1.82) is 0 Å². The van der Waals surface area contributed by atoms with Gasteiger partial charge in [-0.1, -0.05) is 42.2 Å². The Balaban J connectivity index is 1.88. The summed E-state index contributed by atoms with van der Waals surface area (Å²) >= 11 is 6.01. The SMILES string of the molecule is CCCCNc1ncccc1-c1nc(-c2cccc(Cl)c2)no1. The largest absolute Gasteiger partial charge is 0.369 e. The molecule has 0 radical (unpaired) electrons. The van der Waals surface area contributed by atoms with Gasteiger partial charge in [-0.25, -0.2) is 4.98 Å². The lowest BCUT2D eigenvalue weighted by Crippen LogP contribution is -2.04. The summed E-state index contributed by atoms with van der Waals surface area (Å²) in [6.45, 7) is 3.01. The van der Waals surface area contributed by atoms with E-state index in [9.17, 15) is 0 Å². The van der Waals surface area contributed by atoms with Gasteiger partial charge in [0.25, 0.3) is 5.89 Å². The van der Waals surface area contributed by atoms with Gasteiger partial charge in [0.15, 0.2) is 0 Å². The molecule has 1 aromatic carbocycles. The van der Waals surface area contributed by atoms with Crippen molar-refractivity contribution in [3.05, 3.63) is 47.6 Å². The summed E-state index contributed by atoms with van der Waals surface area (Å²) in [5.41, 5.74) is 1.61. The highest BCUT2D eigenvalue weighted by Crippen LogP contribution is 2.27. The van der Waals surface area contributed by atoms with Gasteiger partial charge in [-0.2, -0.15) is 4.98 Å². The molecule has 0 saturated heterocycles. The lowest BCUT2D eigenvalue weighted by atomic mass is 10.2. The number of hydrogen-bond acceptors (Lipinski definition) is 5. The number of benzene rings is 1. The van der Waals surface area contributed by atoms with Gasteiger partial charge in [0.1, 0.15) is 5.82 Å². The van der Waals surface area contributed by atoms with Crippen molar-refractivity contribution >= 4 is 17.4 Å². The smallest absolute Gasteiger partial charge is 0.261 e. The quantitative estimate of drug-likeness (QED) is 0.666. The van der Waals surface area contributed by atoms with E-state index in [0.717, 1.165) is 36.3 Å². The van der Waals surface area contributed by atoms with E-state index >= 15 is 0 Å². The standard InChI is InChI=1S/C17H17ClN4O/c1-2-3-9-19-16-14(8-5-10-20-16)17-21-15(22-23-17)12-6-4-7-13(18)11-12/h4-8,10-11H,2-3,9H2,1H3,(H,19,20).